The third-order valence-electron chi connectivity index (χ3n) is 2.21. The first-order chi connectivity index (χ1) is 9.10. The lowest BCUT2D eigenvalue weighted by Crippen LogP contribution is -2.13. The topological polar surface area (TPSA) is 94.3 Å². The second-order valence-corrected chi connectivity index (χ2v) is 4.61. The number of benzene rings is 1. The van der Waals surface area contributed by atoms with Gasteiger partial charge in [0.15, 0.2) is 5.13 Å². The number of nitrogens with one attached hydrogen (secondary N) is 1. The van der Waals surface area contributed by atoms with E-state index in [0.717, 1.165) is 4.70 Å². The summed E-state index contributed by atoms with van der Waals surface area (Å²) in [7, 11) is 0. The van der Waals surface area contributed by atoms with E-state index in [1.807, 2.05) is 0 Å². The fraction of sp³-hybridized carbons (Fsp3) is 0.0833. The molecule has 0 aliphatic carbocycles. The van der Waals surface area contributed by atoms with Crippen LogP contribution >= 0.6 is 11.3 Å². The fourth-order valence-electron chi connectivity index (χ4n) is 1.39. The van der Waals surface area contributed by atoms with Crippen molar-refractivity contribution in [2.75, 3.05) is 11.9 Å². The number of nitrogens with zero attached hydrogens (tertiary/aromatic N) is 1. The smallest absolute Gasteiger partial charge is 0.413 e. The van der Waals surface area contributed by atoms with Crippen LogP contribution in [0, 0.1) is 0 Å². The van der Waals surface area contributed by atoms with E-state index in [2.05, 4.69) is 16.9 Å². The number of fused-ring (bicyclic) bond motifs is 1. The Kier molecular flexibility index (Phi) is 3.76. The predicted molar refractivity (Wildman–Crippen MR) is 73.3 cm³/mol. The number of rotatable bonds is 4. The molecule has 1 aromatic heterocycles. The minimum absolute atomic E-state index is 0.128. The van der Waals surface area contributed by atoms with Crippen molar-refractivity contribution in [3.63, 3.8) is 0 Å². The Labute approximate surface area is 112 Å². The number of primary amides is 1. The van der Waals surface area contributed by atoms with Gasteiger partial charge in [-0.2, -0.15) is 0 Å². The first-order valence-corrected chi connectivity index (χ1v) is 6.17. The van der Waals surface area contributed by atoms with E-state index >= 15 is 0 Å². The maximum atomic E-state index is 11.3. The summed E-state index contributed by atoms with van der Waals surface area (Å²) in [5.41, 5.74) is 6.27. The van der Waals surface area contributed by atoms with Crippen LogP contribution < -0.4 is 11.1 Å². The first kappa shape index (κ1) is 13.0. The number of ether oxygens (including phenoxy) is 1. The van der Waals surface area contributed by atoms with Gasteiger partial charge in [-0.3, -0.25) is 10.1 Å². The summed E-state index contributed by atoms with van der Waals surface area (Å²) in [5.74, 6) is -0.504. The molecule has 7 heteroatoms. The van der Waals surface area contributed by atoms with Crippen LogP contribution in [0.3, 0.4) is 0 Å². The number of anilines is 1. The van der Waals surface area contributed by atoms with E-state index in [9.17, 15) is 9.59 Å². The Balaban J connectivity index is 2.19. The lowest BCUT2D eigenvalue weighted by molar-refractivity contribution is 0.100. The van der Waals surface area contributed by atoms with Crippen LogP contribution in [-0.2, 0) is 4.74 Å². The van der Waals surface area contributed by atoms with Crippen LogP contribution in [0.4, 0.5) is 9.93 Å². The molecule has 0 radical (unpaired) electrons. The molecule has 0 spiro atoms. The van der Waals surface area contributed by atoms with Crippen molar-refractivity contribution in [1.29, 1.82) is 0 Å². The average Bonchev–Trinajstić information content (AvgIpc) is 2.77. The molecule has 6 nitrogen and oxygen atoms in total. The van der Waals surface area contributed by atoms with Crippen molar-refractivity contribution in [3.8, 4) is 0 Å². The zero-order chi connectivity index (χ0) is 13.8. The molecule has 2 aromatic rings. The minimum atomic E-state index is -0.603. The first-order valence-electron chi connectivity index (χ1n) is 5.35. The van der Waals surface area contributed by atoms with Gasteiger partial charge >= 0.3 is 6.09 Å². The summed E-state index contributed by atoms with van der Waals surface area (Å²) in [6.45, 7) is 3.57. The standard InChI is InChI=1S/C12H11N3O3S/c1-2-5-18-12(17)15-11-14-8-4-3-7(10(13)16)6-9(8)19-11/h2-4,6H,1,5H2,(H2,13,16)(H,14,15,17). The molecule has 0 saturated carbocycles. The van der Waals surface area contributed by atoms with E-state index in [-0.39, 0.29) is 6.61 Å². The molecular weight excluding hydrogens is 266 g/mol. The van der Waals surface area contributed by atoms with Gasteiger partial charge in [-0.05, 0) is 18.2 Å². The Morgan fingerprint density at radius 1 is 1.53 bits per heavy atom. The summed E-state index contributed by atoms with van der Waals surface area (Å²) >= 11 is 1.23. The van der Waals surface area contributed by atoms with Gasteiger partial charge in [0.2, 0.25) is 5.91 Å². The minimum Gasteiger partial charge on any atom is -0.445 e. The molecule has 0 aliphatic heterocycles. The van der Waals surface area contributed by atoms with Gasteiger partial charge < -0.3 is 10.5 Å². The Morgan fingerprint density at radius 3 is 3.00 bits per heavy atom. The van der Waals surface area contributed by atoms with Crippen LogP contribution in [0.2, 0.25) is 0 Å². The van der Waals surface area contributed by atoms with E-state index < -0.39 is 12.0 Å². The number of hydrogen-bond acceptors (Lipinski definition) is 5. The highest BCUT2D eigenvalue weighted by atomic mass is 32.1. The summed E-state index contributed by atoms with van der Waals surface area (Å²) < 4.78 is 5.54. The van der Waals surface area contributed by atoms with Crippen molar-refractivity contribution in [2.45, 2.75) is 0 Å². The molecule has 2 rings (SSSR count). The molecule has 19 heavy (non-hydrogen) atoms. The lowest BCUT2D eigenvalue weighted by atomic mass is 10.2. The van der Waals surface area contributed by atoms with Gasteiger partial charge in [-0.25, -0.2) is 9.78 Å². The number of thiazole rings is 1. The van der Waals surface area contributed by atoms with Crippen molar-refractivity contribution >= 4 is 38.7 Å². The number of aromatic nitrogens is 1. The maximum Gasteiger partial charge on any atom is 0.413 e. The highest BCUT2D eigenvalue weighted by Gasteiger charge is 2.09. The second kappa shape index (κ2) is 5.49. The van der Waals surface area contributed by atoms with Crippen molar-refractivity contribution in [3.05, 3.63) is 36.4 Å². The zero-order valence-electron chi connectivity index (χ0n) is 9.88. The maximum absolute atomic E-state index is 11.3. The highest BCUT2D eigenvalue weighted by Crippen LogP contribution is 2.26. The zero-order valence-corrected chi connectivity index (χ0v) is 10.7. The number of nitrogens with two attached hydrogens (primary N) is 1. The molecule has 1 aromatic carbocycles. The molecule has 0 aliphatic rings. The molecule has 98 valence electrons. The molecule has 0 fully saturated rings. The Morgan fingerprint density at radius 2 is 2.32 bits per heavy atom. The molecule has 0 atom stereocenters. The number of hydrogen-bond donors (Lipinski definition) is 2. The largest absolute Gasteiger partial charge is 0.445 e. The summed E-state index contributed by atoms with van der Waals surface area (Å²) in [6.07, 6.45) is 0.867. The monoisotopic (exact) mass is 277 g/mol. The van der Waals surface area contributed by atoms with Gasteiger partial charge in [0.05, 0.1) is 10.2 Å². The third kappa shape index (κ3) is 3.08. The van der Waals surface area contributed by atoms with E-state index in [1.54, 1.807) is 18.2 Å². The lowest BCUT2D eigenvalue weighted by Gasteiger charge is -2.00. The molecule has 1 heterocycles. The average molecular weight is 277 g/mol. The van der Waals surface area contributed by atoms with Crippen molar-refractivity contribution < 1.29 is 14.3 Å². The van der Waals surface area contributed by atoms with Crippen LogP contribution in [0.5, 0.6) is 0 Å². The normalized spacial score (nSPS) is 10.1. The Bertz CT molecular complexity index is 651. The molecule has 0 saturated heterocycles. The molecular formula is C12H11N3O3S. The van der Waals surface area contributed by atoms with E-state index in [4.69, 9.17) is 10.5 Å². The SMILES string of the molecule is C=CCOC(=O)Nc1nc2ccc(C(N)=O)cc2s1. The van der Waals surface area contributed by atoms with Crippen LogP contribution in [0.1, 0.15) is 10.4 Å². The van der Waals surface area contributed by atoms with Crippen LogP contribution in [0.15, 0.2) is 30.9 Å². The third-order valence-corrected chi connectivity index (χ3v) is 3.15. The summed E-state index contributed by atoms with van der Waals surface area (Å²) in [5, 5.41) is 2.89. The van der Waals surface area contributed by atoms with Gasteiger partial charge in [0, 0.05) is 5.56 Å². The number of carbonyl (C=O) groups is 2. The number of amides is 2. The van der Waals surface area contributed by atoms with Crippen LogP contribution in [-0.4, -0.2) is 23.6 Å². The predicted octanol–water partition coefficient (Wildman–Crippen LogP) is 2.13. The van der Waals surface area contributed by atoms with Crippen LogP contribution in [0.25, 0.3) is 10.2 Å². The van der Waals surface area contributed by atoms with Gasteiger partial charge in [0.1, 0.15) is 6.61 Å². The Hall–Kier alpha value is -2.41. The molecule has 2 amide bonds. The fourth-order valence-corrected chi connectivity index (χ4v) is 2.28. The van der Waals surface area contributed by atoms with Gasteiger partial charge in [-0.15, -0.1) is 0 Å². The summed E-state index contributed by atoms with van der Waals surface area (Å²) in [4.78, 5) is 26.6. The number of carbonyl (C=O) groups excluding carboxylic acids is 2. The second-order valence-electron chi connectivity index (χ2n) is 3.58. The van der Waals surface area contributed by atoms with E-state index in [1.165, 1.54) is 17.4 Å². The van der Waals surface area contributed by atoms with Crippen molar-refractivity contribution in [2.24, 2.45) is 5.73 Å². The van der Waals surface area contributed by atoms with Crippen molar-refractivity contribution in [1.82, 2.24) is 4.98 Å². The van der Waals surface area contributed by atoms with Gasteiger partial charge in [0.25, 0.3) is 0 Å². The molecule has 0 bridgehead atoms. The quantitative estimate of drug-likeness (QED) is 0.837. The van der Waals surface area contributed by atoms with Gasteiger partial charge in [-0.1, -0.05) is 24.0 Å². The molecule has 0 unspecified atom stereocenters. The molecule has 3 N–H and O–H groups in total. The van der Waals surface area contributed by atoms with E-state index in [0.29, 0.717) is 16.2 Å². The highest BCUT2D eigenvalue weighted by molar-refractivity contribution is 7.22. The summed E-state index contributed by atoms with van der Waals surface area (Å²) in [6, 6.07) is 4.89.